The summed E-state index contributed by atoms with van der Waals surface area (Å²) in [7, 11) is 1.60. The average molecular weight is 321 g/mol. The minimum absolute atomic E-state index is 0.0989. The van der Waals surface area contributed by atoms with Crippen LogP contribution in [0.25, 0.3) is 10.7 Å². The molecule has 2 aromatic heterocycles. The highest BCUT2D eigenvalue weighted by molar-refractivity contribution is 7.15. The van der Waals surface area contributed by atoms with Crippen LogP contribution in [0.5, 0.6) is 5.88 Å². The second-order valence-corrected chi connectivity index (χ2v) is 6.58. The Morgan fingerprint density at radius 1 is 1.41 bits per heavy atom. The molecule has 2 aromatic rings. The van der Waals surface area contributed by atoms with E-state index in [9.17, 15) is 4.79 Å². The number of rotatable bonds is 4. The molecule has 0 N–H and O–H groups in total. The number of aromatic nitrogens is 4. The lowest BCUT2D eigenvalue weighted by molar-refractivity contribution is -0.133. The van der Waals surface area contributed by atoms with Crippen LogP contribution in [-0.4, -0.2) is 51.0 Å². The highest BCUT2D eigenvalue weighted by atomic mass is 32.1. The van der Waals surface area contributed by atoms with Crippen molar-refractivity contribution in [3.8, 4) is 16.6 Å². The molecule has 1 fully saturated rings. The molecule has 3 rings (SSSR count). The van der Waals surface area contributed by atoms with Crippen LogP contribution in [0.4, 0.5) is 0 Å². The first-order valence-corrected chi connectivity index (χ1v) is 8.14. The van der Waals surface area contributed by atoms with E-state index in [1.807, 2.05) is 18.7 Å². The highest BCUT2D eigenvalue weighted by Gasteiger charge is 2.25. The van der Waals surface area contributed by atoms with Crippen LogP contribution in [0.1, 0.15) is 30.7 Å². The summed E-state index contributed by atoms with van der Waals surface area (Å²) in [5.41, 5.74) is 0.664. The Balaban J connectivity index is 1.79. The molecule has 0 spiro atoms. The van der Waals surface area contributed by atoms with Crippen LogP contribution in [0.3, 0.4) is 0 Å². The van der Waals surface area contributed by atoms with Crippen LogP contribution in [0, 0.1) is 6.92 Å². The Kier molecular flexibility index (Phi) is 4.10. The molecule has 0 saturated carbocycles. The molecular weight excluding hydrogens is 302 g/mol. The van der Waals surface area contributed by atoms with E-state index in [0.29, 0.717) is 11.6 Å². The molecule has 3 heterocycles. The van der Waals surface area contributed by atoms with E-state index >= 15 is 0 Å². The summed E-state index contributed by atoms with van der Waals surface area (Å²) in [5, 5.41) is 8.99. The smallest absolute Gasteiger partial charge is 0.247 e. The Morgan fingerprint density at radius 2 is 2.14 bits per heavy atom. The summed E-state index contributed by atoms with van der Waals surface area (Å²) in [6, 6.07) is -0.345. The number of amides is 1. The largest absolute Gasteiger partial charge is 0.480 e. The fourth-order valence-electron chi connectivity index (χ4n) is 2.56. The number of likely N-dealkylation sites (tertiary alicyclic amines) is 1. The van der Waals surface area contributed by atoms with Crippen molar-refractivity contribution in [2.45, 2.75) is 32.7 Å². The fourth-order valence-corrected chi connectivity index (χ4v) is 3.39. The zero-order chi connectivity index (χ0) is 15.7. The number of aryl methyl sites for hydroxylation is 1. The van der Waals surface area contributed by atoms with Crippen LogP contribution in [0.15, 0.2) is 6.20 Å². The molecule has 1 unspecified atom stereocenters. The number of ether oxygens (including phenoxy) is 1. The van der Waals surface area contributed by atoms with Gasteiger partial charge >= 0.3 is 0 Å². The Bertz CT molecular complexity index is 675. The lowest BCUT2D eigenvalue weighted by atomic mass is 10.3. The Hall–Kier alpha value is -1.96. The molecule has 1 atom stereocenters. The van der Waals surface area contributed by atoms with Crippen molar-refractivity contribution in [3.05, 3.63) is 11.1 Å². The van der Waals surface area contributed by atoms with E-state index in [0.717, 1.165) is 35.8 Å². The monoisotopic (exact) mass is 321 g/mol. The van der Waals surface area contributed by atoms with Gasteiger partial charge in [-0.1, -0.05) is 5.21 Å². The van der Waals surface area contributed by atoms with Gasteiger partial charge in [0.15, 0.2) is 0 Å². The summed E-state index contributed by atoms with van der Waals surface area (Å²) in [6.07, 6.45) is 3.94. The average Bonchev–Trinajstić information content (AvgIpc) is 3.25. The minimum atomic E-state index is -0.345. The van der Waals surface area contributed by atoms with E-state index in [1.165, 1.54) is 11.3 Å². The number of hydrogen-bond donors (Lipinski definition) is 0. The number of hydrogen-bond acceptors (Lipinski definition) is 6. The molecule has 8 heteroatoms. The molecule has 22 heavy (non-hydrogen) atoms. The summed E-state index contributed by atoms with van der Waals surface area (Å²) in [5.74, 6) is 0.706. The molecule has 1 aliphatic heterocycles. The maximum Gasteiger partial charge on any atom is 0.247 e. The van der Waals surface area contributed by atoms with E-state index in [4.69, 9.17) is 4.74 Å². The van der Waals surface area contributed by atoms with Gasteiger partial charge in [0.05, 0.1) is 18.2 Å². The van der Waals surface area contributed by atoms with Gasteiger partial charge in [-0.05, 0) is 26.7 Å². The molecule has 1 saturated heterocycles. The normalized spacial score (nSPS) is 16.0. The van der Waals surface area contributed by atoms with Crippen molar-refractivity contribution in [1.29, 1.82) is 0 Å². The van der Waals surface area contributed by atoms with Crippen LogP contribution in [-0.2, 0) is 4.79 Å². The topological polar surface area (TPSA) is 73.1 Å². The first kappa shape index (κ1) is 15.0. The van der Waals surface area contributed by atoms with Gasteiger partial charge < -0.3 is 9.64 Å². The quantitative estimate of drug-likeness (QED) is 0.860. The Morgan fingerprint density at radius 3 is 2.77 bits per heavy atom. The summed E-state index contributed by atoms with van der Waals surface area (Å²) >= 11 is 1.50. The second kappa shape index (κ2) is 6.04. The maximum atomic E-state index is 12.4. The standard InChI is InChI=1S/C14H19N5O2S/c1-9(14(20)18-6-4-5-7-18)19-8-11(16-17-19)13-15-12(21-3)10(2)22-13/h8-9H,4-7H2,1-3H3. The van der Waals surface area contributed by atoms with Crippen molar-refractivity contribution in [2.75, 3.05) is 20.2 Å². The van der Waals surface area contributed by atoms with Gasteiger partial charge in [0.1, 0.15) is 16.7 Å². The van der Waals surface area contributed by atoms with Gasteiger partial charge in [0, 0.05) is 13.1 Å². The van der Waals surface area contributed by atoms with Gasteiger partial charge in [-0.25, -0.2) is 4.68 Å². The van der Waals surface area contributed by atoms with Gasteiger partial charge in [-0.15, -0.1) is 16.4 Å². The number of methoxy groups -OCH3 is 1. The third-order valence-corrected chi connectivity index (χ3v) is 4.82. The van der Waals surface area contributed by atoms with E-state index in [-0.39, 0.29) is 11.9 Å². The van der Waals surface area contributed by atoms with Gasteiger partial charge in [-0.3, -0.25) is 4.79 Å². The molecule has 0 aromatic carbocycles. The van der Waals surface area contributed by atoms with Crippen molar-refractivity contribution in [1.82, 2.24) is 24.9 Å². The van der Waals surface area contributed by atoms with Crippen molar-refractivity contribution >= 4 is 17.2 Å². The van der Waals surface area contributed by atoms with Gasteiger partial charge in [0.2, 0.25) is 11.8 Å². The van der Waals surface area contributed by atoms with Crippen molar-refractivity contribution < 1.29 is 9.53 Å². The summed E-state index contributed by atoms with van der Waals surface area (Å²) in [4.78, 5) is 19.7. The number of thiazole rings is 1. The van der Waals surface area contributed by atoms with E-state index < -0.39 is 0 Å². The molecule has 1 aliphatic rings. The van der Waals surface area contributed by atoms with Crippen LogP contribution >= 0.6 is 11.3 Å². The molecule has 118 valence electrons. The maximum absolute atomic E-state index is 12.4. The lowest BCUT2D eigenvalue weighted by Crippen LogP contribution is -2.34. The third kappa shape index (κ3) is 2.70. The summed E-state index contributed by atoms with van der Waals surface area (Å²) < 4.78 is 6.80. The van der Waals surface area contributed by atoms with Crippen LogP contribution in [0.2, 0.25) is 0 Å². The molecule has 0 radical (unpaired) electrons. The predicted molar refractivity (Wildman–Crippen MR) is 82.9 cm³/mol. The minimum Gasteiger partial charge on any atom is -0.480 e. The SMILES string of the molecule is COc1nc(-c2cn(C(C)C(=O)N3CCCC3)nn2)sc1C. The van der Waals surface area contributed by atoms with Crippen molar-refractivity contribution in [3.63, 3.8) is 0 Å². The number of carbonyl (C=O) groups is 1. The first-order chi connectivity index (χ1) is 10.6. The third-order valence-electron chi connectivity index (χ3n) is 3.85. The molecule has 0 bridgehead atoms. The number of carbonyl (C=O) groups excluding carboxylic acids is 1. The zero-order valence-electron chi connectivity index (χ0n) is 12.9. The highest BCUT2D eigenvalue weighted by Crippen LogP contribution is 2.30. The number of nitrogens with zero attached hydrogens (tertiary/aromatic N) is 5. The van der Waals surface area contributed by atoms with Crippen LogP contribution < -0.4 is 4.74 Å². The summed E-state index contributed by atoms with van der Waals surface area (Å²) in [6.45, 7) is 5.48. The molecule has 0 aliphatic carbocycles. The molecular formula is C14H19N5O2S. The first-order valence-electron chi connectivity index (χ1n) is 7.32. The Labute approximate surface area is 132 Å². The van der Waals surface area contributed by atoms with E-state index in [1.54, 1.807) is 18.0 Å². The lowest BCUT2D eigenvalue weighted by Gasteiger charge is -2.19. The fraction of sp³-hybridized carbons (Fsp3) is 0.571. The van der Waals surface area contributed by atoms with E-state index in [2.05, 4.69) is 15.3 Å². The predicted octanol–water partition coefficient (Wildman–Crippen LogP) is 1.90. The molecule has 7 nitrogen and oxygen atoms in total. The van der Waals surface area contributed by atoms with Crippen molar-refractivity contribution in [2.24, 2.45) is 0 Å². The second-order valence-electron chi connectivity index (χ2n) is 5.38. The molecule has 1 amide bonds. The zero-order valence-corrected chi connectivity index (χ0v) is 13.8. The van der Waals surface area contributed by atoms with Gasteiger partial charge in [0.25, 0.3) is 0 Å². The van der Waals surface area contributed by atoms with Gasteiger partial charge in [-0.2, -0.15) is 4.98 Å².